The molecule has 0 saturated carbocycles. The van der Waals surface area contributed by atoms with E-state index in [1.54, 1.807) is 11.3 Å². The van der Waals surface area contributed by atoms with Crippen LogP contribution in [0.4, 0.5) is 0 Å². The third-order valence-electron chi connectivity index (χ3n) is 2.29. The van der Waals surface area contributed by atoms with Crippen molar-refractivity contribution in [2.24, 2.45) is 0 Å². The normalized spacial score (nSPS) is 12.9. The van der Waals surface area contributed by atoms with Crippen LogP contribution >= 0.6 is 27.3 Å². The molecule has 0 saturated heterocycles. The molecule has 0 radical (unpaired) electrons. The van der Waals surface area contributed by atoms with Gasteiger partial charge in [0.1, 0.15) is 0 Å². The number of aliphatic carboxylic acids is 1. The third kappa shape index (κ3) is 2.01. The molecule has 0 aliphatic heterocycles. The summed E-state index contributed by atoms with van der Waals surface area (Å²) in [6, 6.07) is 0. The molecule has 0 aliphatic rings. The van der Waals surface area contributed by atoms with Gasteiger partial charge in [-0.25, -0.2) is 0 Å². The highest BCUT2D eigenvalue weighted by molar-refractivity contribution is 9.10. The summed E-state index contributed by atoms with van der Waals surface area (Å²) in [6.45, 7) is 5.88. The van der Waals surface area contributed by atoms with E-state index in [2.05, 4.69) is 15.9 Å². The van der Waals surface area contributed by atoms with Gasteiger partial charge in [-0.1, -0.05) is 6.92 Å². The van der Waals surface area contributed by atoms with Gasteiger partial charge >= 0.3 is 5.97 Å². The van der Waals surface area contributed by atoms with Crippen molar-refractivity contribution in [1.29, 1.82) is 0 Å². The maximum absolute atomic E-state index is 11.0. The first-order chi connectivity index (χ1) is 6.49. The lowest BCUT2D eigenvalue weighted by atomic mass is 9.97. The van der Waals surface area contributed by atoms with E-state index >= 15 is 0 Å². The minimum Gasteiger partial charge on any atom is -0.481 e. The highest BCUT2D eigenvalue weighted by atomic mass is 79.9. The van der Waals surface area contributed by atoms with Crippen molar-refractivity contribution < 1.29 is 9.90 Å². The minimum absolute atomic E-state index is 0.380. The lowest BCUT2D eigenvalue weighted by molar-refractivity contribution is -0.138. The molecule has 1 N–H and O–H groups in total. The Morgan fingerprint density at radius 2 is 2.07 bits per heavy atom. The fraction of sp³-hybridized carbons (Fsp3) is 0.500. The van der Waals surface area contributed by atoms with Gasteiger partial charge in [0, 0.05) is 14.2 Å². The topological polar surface area (TPSA) is 37.3 Å². The van der Waals surface area contributed by atoms with Gasteiger partial charge in [0.25, 0.3) is 0 Å². The Balaban J connectivity index is 3.22. The Hall–Kier alpha value is -0.350. The van der Waals surface area contributed by atoms with Gasteiger partial charge in [-0.05, 0) is 41.8 Å². The molecule has 1 atom stereocenters. The van der Waals surface area contributed by atoms with Crippen molar-refractivity contribution in [3.05, 3.63) is 19.8 Å². The van der Waals surface area contributed by atoms with Crippen LogP contribution in [0.25, 0.3) is 0 Å². The van der Waals surface area contributed by atoms with Crippen LogP contribution < -0.4 is 0 Å². The third-order valence-corrected chi connectivity index (χ3v) is 4.61. The number of aryl methyl sites for hydroxylation is 2. The molecule has 78 valence electrons. The lowest BCUT2D eigenvalue weighted by Crippen LogP contribution is -2.11. The lowest BCUT2D eigenvalue weighted by Gasteiger charge is -2.10. The standard InChI is InChI=1S/C10H13BrO2S/c1-4-7(10(12)13)8-5(2)14-6(3)9(8)11/h7H,4H2,1-3H3,(H,12,13). The molecule has 1 rings (SSSR count). The van der Waals surface area contributed by atoms with Crippen LogP contribution in [0.1, 0.15) is 34.6 Å². The van der Waals surface area contributed by atoms with Crippen molar-refractivity contribution in [3.8, 4) is 0 Å². The molecular formula is C10H13BrO2S. The summed E-state index contributed by atoms with van der Waals surface area (Å²) in [5.74, 6) is -1.12. The second kappa shape index (κ2) is 4.45. The average molecular weight is 277 g/mol. The largest absolute Gasteiger partial charge is 0.481 e. The van der Waals surface area contributed by atoms with Crippen molar-refractivity contribution in [3.63, 3.8) is 0 Å². The number of halogens is 1. The fourth-order valence-electron chi connectivity index (χ4n) is 1.57. The molecule has 0 aliphatic carbocycles. The number of carboxylic acid groups (broad SMARTS) is 1. The van der Waals surface area contributed by atoms with Crippen LogP contribution in [0, 0.1) is 13.8 Å². The SMILES string of the molecule is CCC(C(=O)O)c1c(C)sc(C)c1Br. The fourth-order valence-corrected chi connectivity index (χ4v) is 3.54. The second-order valence-corrected chi connectivity index (χ2v) is 5.46. The van der Waals surface area contributed by atoms with Gasteiger partial charge in [-0.2, -0.15) is 0 Å². The van der Waals surface area contributed by atoms with Crippen LogP contribution in [0.3, 0.4) is 0 Å². The summed E-state index contributed by atoms with van der Waals surface area (Å²) in [5, 5.41) is 9.07. The van der Waals surface area contributed by atoms with E-state index in [0.717, 1.165) is 19.8 Å². The van der Waals surface area contributed by atoms with Crippen molar-refractivity contribution >= 4 is 33.2 Å². The van der Waals surface area contributed by atoms with E-state index < -0.39 is 5.97 Å². The Morgan fingerprint density at radius 1 is 1.50 bits per heavy atom. The molecule has 2 nitrogen and oxygen atoms in total. The molecule has 4 heteroatoms. The van der Waals surface area contributed by atoms with Gasteiger partial charge in [-0.15, -0.1) is 11.3 Å². The smallest absolute Gasteiger partial charge is 0.311 e. The number of carbonyl (C=O) groups is 1. The van der Waals surface area contributed by atoms with E-state index in [0.29, 0.717) is 6.42 Å². The van der Waals surface area contributed by atoms with E-state index in [4.69, 9.17) is 5.11 Å². The first kappa shape index (κ1) is 11.7. The monoisotopic (exact) mass is 276 g/mol. The Bertz CT molecular complexity index is 357. The van der Waals surface area contributed by atoms with E-state index in [-0.39, 0.29) is 5.92 Å². The van der Waals surface area contributed by atoms with Gasteiger partial charge in [0.15, 0.2) is 0 Å². The molecule has 1 aromatic rings. The zero-order valence-electron chi connectivity index (χ0n) is 8.43. The molecular weight excluding hydrogens is 264 g/mol. The average Bonchev–Trinajstić information content (AvgIpc) is 2.32. The van der Waals surface area contributed by atoms with Crippen LogP contribution in [-0.4, -0.2) is 11.1 Å². The highest BCUT2D eigenvalue weighted by Gasteiger charge is 2.24. The number of thiophene rings is 1. The molecule has 0 fully saturated rings. The summed E-state index contributed by atoms with van der Waals surface area (Å²) in [5.41, 5.74) is 0.947. The molecule has 1 aromatic heterocycles. The molecule has 1 heterocycles. The summed E-state index contributed by atoms with van der Waals surface area (Å²) < 4.78 is 0.967. The van der Waals surface area contributed by atoms with E-state index in [1.165, 1.54) is 0 Å². The van der Waals surface area contributed by atoms with Gasteiger partial charge in [0.05, 0.1) is 5.92 Å². The molecule has 0 spiro atoms. The molecule has 0 aromatic carbocycles. The first-order valence-electron chi connectivity index (χ1n) is 4.47. The molecule has 0 bridgehead atoms. The molecule has 0 amide bonds. The second-order valence-electron chi connectivity index (χ2n) is 3.24. The van der Waals surface area contributed by atoms with E-state index in [9.17, 15) is 4.79 Å². The van der Waals surface area contributed by atoms with Crippen molar-refractivity contribution in [2.75, 3.05) is 0 Å². The summed E-state index contributed by atoms with van der Waals surface area (Å²) in [7, 11) is 0. The summed E-state index contributed by atoms with van der Waals surface area (Å²) in [6.07, 6.45) is 0.630. The van der Waals surface area contributed by atoms with Crippen LogP contribution in [0.2, 0.25) is 0 Å². The minimum atomic E-state index is -0.742. The number of hydrogen-bond donors (Lipinski definition) is 1. The van der Waals surface area contributed by atoms with Crippen LogP contribution in [0.15, 0.2) is 4.47 Å². The number of hydrogen-bond acceptors (Lipinski definition) is 2. The number of carboxylic acids is 1. The Labute approximate surface area is 96.1 Å². The van der Waals surface area contributed by atoms with Crippen molar-refractivity contribution in [2.45, 2.75) is 33.1 Å². The quantitative estimate of drug-likeness (QED) is 0.914. The molecule has 14 heavy (non-hydrogen) atoms. The van der Waals surface area contributed by atoms with Crippen LogP contribution in [0.5, 0.6) is 0 Å². The van der Waals surface area contributed by atoms with E-state index in [1.807, 2.05) is 20.8 Å². The number of rotatable bonds is 3. The first-order valence-corrected chi connectivity index (χ1v) is 6.08. The van der Waals surface area contributed by atoms with Gasteiger partial charge in [0.2, 0.25) is 0 Å². The zero-order valence-corrected chi connectivity index (χ0v) is 10.8. The van der Waals surface area contributed by atoms with Gasteiger partial charge in [-0.3, -0.25) is 4.79 Å². The maximum atomic E-state index is 11.0. The highest BCUT2D eigenvalue weighted by Crippen LogP contribution is 2.38. The zero-order chi connectivity index (χ0) is 10.9. The Kier molecular flexibility index (Phi) is 3.72. The van der Waals surface area contributed by atoms with Crippen LogP contribution in [-0.2, 0) is 4.79 Å². The maximum Gasteiger partial charge on any atom is 0.311 e. The van der Waals surface area contributed by atoms with Gasteiger partial charge < -0.3 is 5.11 Å². The summed E-state index contributed by atoms with van der Waals surface area (Å²) >= 11 is 5.10. The Morgan fingerprint density at radius 3 is 2.36 bits per heavy atom. The predicted octanol–water partition coefficient (Wildman–Crippen LogP) is 3.71. The summed E-state index contributed by atoms with van der Waals surface area (Å²) in [4.78, 5) is 13.3. The van der Waals surface area contributed by atoms with Crippen molar-refractivity contribution in [1.82, 2.24) is 0 Å². The molecule has 1 unspecified atom stereocenters. The predicted molar refractivity (Wildman–Crippen MR) is 62.2 cm³/mol.